The van der Waals surface area contributed by atoms with Gasteiger partial charge in [0.1, 0.15) is 0 Å². The van der Waals surface area contributed by atoms with Crippen molar-refractivity contribution in [3.63, 3.8) is 0 Å². The van der Waals surface area contributed by atoms with E-state index in [4.69, 9.17) is 0 Å². The third kappa shape index (κ3) is 5.89. The van der Waals surface area contributed by atoms with E-state index >= 15 is 0 Å². The van der Waals surface area contributed by atoms with Gasteiger partial charge >= 0.3 is 6.03 Å². The number of aryl methyl sites for hydroxylation is 3. The molecule has 2 N–H and O–H groups in total. The summed E-state index contributed by atoms with van der Waals surface area (Å²) in [5, 5.41) is 26.1. The van der Waals surface area contributed by atoms with Gasteiger partial charge in [-0.1, -0.05) is 59.8 Å². The largest absolute Gasteiger partial charge is 0.331 e. The topological polar surface area (TPSA) is 115 Å². The molecule has 0 fully saturated rings. The fraction of sp³-hybridized carbons (Fsp3) is 0.192. The minimum Gasteiger partial charge on any atom is -0.331 e. The number of para-hydroxylation sites is 1. The number of nitrogens with one attached hydrogen (secondary N) is 2. The molecule has 4 rings (SSSR count). The molecular weight excluding hydrogens is 476 g/mol. The number of aromatic nitrogens is 3. The molecule has 1 heterocycles. The highest BCUT2D eigenvalue weighted by atomic mass is 32.2. The van der Waals surface area contributed by atoms with Gasteiger partial charge in [-0.3, -0.25) is 14.7 Å². The average molecular weight is 503 g/mol. The summed E-state index contributed by atoms with van der Waals surface area (Å²) in [4.78, 5) is 23.3. The van der Waals surface area contributed by atoms with E-state index in [2.05, 4.69) is 26.9 Å². The summed E-state index contributed by atoms with van der Waals surface area (Å²) in [6.45, 7) is 6.03. The highest BCUT2D eigenvalue weighted by Gasteiger charge is 2.17. The Morgan fingerprint density at radius 3 is 2.36 bits per heavy atom. The number of non-ortho nitro benzene ring substituents is 1. The lowest BCUT2D eigenvalue weighted by Crippen LogP contribution is -2.30. The zero-order valence-electron chi connectivity index (χ0n) is 20.2. The van der Waals surface area contributed by atoms with E-state index < -0.39 is 4.92 Å². The lowest BCUT2D eigenvalue weighted by molar-refractivity contribution is -0.384. The molecule has 36 heavy (non-hydrogen) atoms. The predicted molar refractivity (Wildman–Crippen MR) is 141 cm³/mol. The van der Waals surface area contributed by atoms with Crippen LogP contribution in [0, 0.1) is 30.9 Å². The van der Waals surface area contributed by atoms with Gasteiger partial charge in [0.05, 0.1) is 11.5 Å². The standard InChI is InChI=1S/C26H26N6O3S/c1-17-6-4-9-20(14-17)16-36-26-30-29-23(31(26)21-10-12-22(13-11-21)32(34)35)15-27-25(33)28-24-18(2)7-5-8-19(24)3/h4-14H,15-16H2,1-3H3,(H2,27,28,33). The van der Waals surface area contributed by atoms with Gasteiger partial charge in [0.15, 0.2) is 11.0 Å². The van der Waals surface area contributed by atoms with E-state index in [9.17, 15) is 14.9 Å². The van der Waals surface area contributed by atoms with Crippen LogP contribution in [-0.4, -0.2) is 25.7 Å². The minimum atomic E-state index is -0.441. The molecule has 10 heteroatoms. The molecule has 0 radical (unpaired) electrons. The summed E-state index contributed by atoms with van der Waals surface area (Å²) in [7, 11) is 0. The Kier molecular flexibility index (Phi) is 7.65. The summed E-state index contributed by atoms with van der Waals surface area (Å²) < 4.78 is 1.81. The second-order valence-electron chi connectivity index (χ2n) is 8.36. The molecule has 0 atom stereocenters. The maximum Gasteiger partial charge on any atom is 0.319 e. The number of hydrogen-bond acceptors (Lipinski definition) is 6. The van der Waals surface area contributed by atoms with Gasteiger partial charge in [0.2, 0.25) is 0 Å². The molecule has 0 saturated carbocycles. The van der Waals surface area contributed by atoms with Crippen molar-refractivity contribution in [2.24, 2.45) is 0 Å². The van der Waals surface area contributed by atoms with Crippen molar-refractivity contribution in [3.8, 4) is 5.69 Å². The van der Waals surface area contributed by atoms with Crippen LogP contribution in [0.1, 0.15) is 28.1 Å². The van der Waals surface area contributed by atoms with E-state index in [-0.39, 0.29) is 18.3 Å². The molecule has 0 bridgehead atoms. The van der Waals surface area contributed by atoms with Crippen LogP contribution in [0.25, 0.3) is 5.69 Å². The Bertz CT molecular complexity index is 1380. The Hall–Kier alpha value is -4.18. The van der Waals surface area contributed by atoms with Crippen LogP contribution in [0.5, 0.6) is 0 Å². The molecule has 0 saturated heterocycles. The Balaban J connectivity index is 1.56. The number of nitro groups is 1. The van der Waals surface area contributed by atoms with Crippen LogP contribution in [-0.2, 0) is 12.3 Å². The fourth-order valence-corrected chi connectivity index (χ4v) is 4.68. The summed E-state index contributed by atoms with van der Waals surface area (Å²) in [6, 6.07) is 19.8. The van der Waals surface area contributed by atoms with Crippen LogP contribution in [0.15, 0.2) is 71.9 Å². The number of carbonyl (C=O) groups excluding carboxylic acids is 1. The average Bonchev–Trinajstić information content (AvgIpc) is 3.26. The van der Waals surface area contributed by atoms with Gasteiger partial charge in [0.25, 0.3) is 5.69 Å². The first-order valence-electron chi connectivity index (χ1n) is 11.3. The summed E-state index contributed by atoms with van der Waals surface area (Å²) in [5.74, 6) is 1.18. The van der Waals surface area contributed by atoms with Gasteiger partial charge in [-0.05, 0) is 49.6 Å². The zero-order chi connectivity index (χ0) is 25.7. The normalized spacial score (nSPS) is 10.8. The number of nitro benzene ring substituents is 1. The van der Waals surface area contributed by atoms with Gasteiger partial charge < -0.3 is 10.6 Å². The number of carbonyl (C=O) groups is 1. The zero-order valence-corrected chi connectivity index (χ0v) is 21.0. The van der Waals surface area contributed by atoms with Crippen LogP contribution in [0.4, 0.5) is 16.2 Å². The maximum atomic E-state index is 12.6. The molecule has 0 aliphatic carbocycles. The molecule has 0 aliphatic rings. The predicted octanol–water partition coefficient (Wildman–Crippen LogP) is 5.71. The lowest BCUT2D eigenvalue weighted by atomic mass is 10.1. The first kappa shape index (κ1) is 24.9. The molecule has 0 aliphatic heterocycles. The number of hydrogen-bond donors (Lipinski definition) is 2. The van der Waals surface area contributed by atoms with Crippen molar-refractivity contribution in [2.45, 2.75) is 38.2 Å². The summed E-state index contributed by atoms with van der Waals surface area (Å²) >= 11 is 1.50. The van der Waals surface area contributed by atoms with Crippen molar-refractivity contribution < 1.29 is 9.72 Å². The minimum absolute atomic E-state index is 0.00607. The van der Waals surface area contributed by atoms with E-state index in [1.807, 2.05) is 61.7 Å². The highest BCUT2D eigenvalue weighted by Crippen LogP contribution is 2.27. The second kappa shape index (κ2) is 11.0. The van der Waals surface area contributed by atoms with Crippen LogP contribution in [0.2, 0.25) is 0 Å². The highest BCUT2D eigenvalue weighted by molar-refractivity contribution is 7.98. The molecule has 2 amide bonds. The molecule has 0 unspecified atom stereocenters. The van der Waals surface area contributed by atoms with E-state index in [0.717, 1.165) is 22.4 Å². The quantitative estimate of drug-likeness (QED) is 0.181. The maximum absolute atomic E-state index is 12.6. The first-order chi connectivity index (χ1) is 17.3. The molecule has 184 valence electrons. The number of urea groups is 1. The third-order valence-electron chi connectivity index (χ3n) is 5.60. The monoisotopic (exact) mass is 502 g/mol. The van der Waals surface area contributed by atoms with Crippen LogP contribution >= 0.6 is 11.8 Å². The molecular formula is C26H26N6O3S. The summed E-state index contributed by atoms with van der Waals surface area (Å²) in [6.07, 6.45) is 0. The number of nitrogens with zero attached hydrogens (tertiary/aromatic N) is 4. The fourth-order valence-electron chi connectivity index (χ4n) is 3.77. The Labute approximate surface area is 213 Å². The lowest BCUT2D eigenvalue weighted by Gasteiger charge is -2.13. The van der Waals surface area contributed by atoms with Gasteiger partial charge in [-0.15, -0.1) is 10.2 Å². The second-order valence-corrected chi connectivity index (χ2v) is 9.30. The number of anilines is 1. The Morgan fingerprint density at radius 2 is 1.69 bits per heavy atom. The molecule has 1 aromatic heterocycles. The van der Waals surface area contributed by atoms with Crippen molar-refractivity contribution in [2.75, 3.05) is 5.32 Å². The molecule has 0 spiro atoms. The Morgan fingerprint density at radius 1 is 1.00 bits per heavy atom. The van der Waals surface area contributed by atoms with Gasteiger partial charge in [-0.2, -0.15) is 0 Å². The van der Waals surface area contributed by atoms with E-state index in [1.54, 1.807) is 12.1 Å². The van der Waals surface area contributed by atoms with Gasteiger partial charge in [-0.25, -0.2) is 4.79 Å². The smallest absolute Gasteiger partial charge is 0.319 e. The van der Waals surface area contributed by atoms with Crippen molar-refractivity contribution >= 4 is 29.2 Å². The number of thioether (sulfide) groups is 1. The number of benzene rings is 3. The van der Waals surface area contributed by atoms with Crippen LogP contribution in [0.3, 0.4) is 0 Å². The van der Waals surface area contributed by atoms with E-state index in [0.29, 0.717) is 22.4 Å². The molecule has 3 aromatic carbocycles. The van der Waals surface area contributed by atoms with Crippen molar-refractivity contribution in [3.05, 3.63) is 105 Å². The van der Waals surface area contributed by atoms with Gasteiger partial charge in [0, 0.05) is 29.3 Å². The number of rotatable bonds is 8. The first-order valence-corrected chi connectivity index (χ1v) is 12.3. The number of amides is 2. The SMILES string of the molecule is Cc1cccc(CSc2nnc(CNC(=O)Nc3c(C)cccc3C)n2-c2ccc([N+](=O)[O-])cc2)c1. The van der Waals surface area contributed by atoms with Crippen LogP contribution < -0.4 is 10.6 Å². The van der Waals surface area contributed by atoms with Crippen molar-refractivity contribution in [1.82, 2.24) is 20.1 Å². The van der Waals surface area contributed by atoms with E-state index in [1.165, 1.54) is 29.5 Å². The summed E-state index contributed by atoms with van der Waals surface area (Å²) in [5.41, 5.74) is 5.68. The molecule has 9 nitrogen and oxygen atoms in total. The third-order valence-corrected chi connectivity index (χ3v) is 6.60. The molecule has 4 aromatic rings. The van der Waals surface area contributed by atoms with Crippen molar-refractivity contribution in [1.29, 1.82) is 0 Å².